The van der Waals surface area contributed by atoms with Gasteiger partial charge in [0.2, 0.25) is 11.8 Å². The van der Waals surface area contributed by atoms with Gasteiger partial charge in [0.05, 0.1) is 6.07 Å². The highest BCUT2D eigenvalue weighted by Crippen LogP contribution is 2.44. The van der Waals surface area contributed by atoms with Crippen LogP contribution in [0.25, 0.3) is 0 Å². The highest BCUT2D eigenvalue weighted by atomic mass is 19.1. The molecule has 0 saturated heterocycles. The Balaban J connectivity index is 2.30. The predicted octanol–water partition coefficient (Wildman–Crippen LogP) is 2.64. The molecule has 2 heterocycles. The normalized spacial score (nSPS) is 20.6. The number of aryl methyl sites for hydroxylation is 1. The molecule has 2 atom stereocenters. The van der Waals surface area contributed by atoms with Gasteiger partial charge in [-0.15, -0.1) is 5.10 Å². The van der Waals surface area contributed by atoms with Crippen molar-refractivity contribution in [3.8, 4) is 11.9 Å². The first-order valence-corrected chi connectivity index (χ1v) is 6.19. The Morgan fingerprint density at radius 3 is 2.62 bits per heavy atom. The van der Waals surface area contributed by atoms with E-state index in [-0.39, 0.29) is 17.3 Å². The largest absolute Gasteiger partial charge is 0.422 e. The number of nitrogens with zero attached hydrogens (tertiary/aromatic N) is 2. The van der Waals surface area contributed by atoms with Crippen molar-refractivity contribution in [2.45, 2.75) is 12.8 Å². The van der Waals surface area contributed by atoms with E-state index >= 15 is 0 Å². The summed E-state index contributed by atoms with van der Waals surface area (Å²) in [5, 5.41) is 23.6. The summed E-state index contributed by atoms with van der Waals surface area (Å²) in [5.41, 5.74) is 0.704. The van der Waals surface area contributed by atoms with Crippen LogP contribution in [-0.2, 0) is 0 Å². The molecule has 2 N–H and O–H groups in total. The quantitative estimate of drug-likeness (QED) is 0.845. The predicted molar refractivity (Wildman–Crippen MR) is 69.0 cm³/mol. The fourth-order valence-electron chi connectivity index (χ4n) is 2.60. The summed E-state index contributed by atoms with van der Waals surface area (Å²) >= 11 is 0. The van der Waals surface area contributed by atoms with E-state index in [4.69, 9.17) is 10.1 Å². The zero-order valence-electron chi connectivity index (χ0n) is 10.9. The van der Waals surface area contributed by atoms with E-state index in [9.17, 15) is 14.0 Å². The Labute approximate surface area is 118 Å². The van der Waals surface area contributed by atoms with E-state index in [0.29, 0.717) is 11.3 Å². The van der Waals surface area contributed by atoms with Gasteiger partial charge in [-0.3, -0.25) is 10.5 Å². The third kappa shape index (κ3) is 1.88. The SMILES string of the molecule is Cc1[nH]nc2c1C(c1c(F)cccc1F)C(C#N)C(=N)O2. The van der Waals surface area contributed by atoms with E-state index < -0.39 is 23.5 Å². The molecule has 7 heteroatoms. The van der Waals surface area contributed by atoms with Crippen LogP contribution in [0.15, 0.2) is 18.2 Å². The molecular formula is C14H10F2N4O. The van der Waals surface area contributed by atoms with Gasteiger partial charge in [0, 0.05) is 22.7 Å². The lowest BCUT2D eigenvalue weighted by Gasteiger charge is -2.28. The van der Waals surface area contributed by atoms with Crippen LogP contribution in [0.4, 0.5) is 8.78 Å². The molecule has 0 fully saturated rings. The molecule has 0 radical (unpaired) electrons. The second kappa shape index (κ2) is 4.66. The molecule has 1 aromatic heterocycles. The number of nitriles is 1. The summed E-state index contributed by atoms with van der Waals surface area (Å²) in [5.74, 6) is -3.89. The first-order chi connectivity index (χ1) is 10.0. The number of halogens is 2. The molecule has 0 amide bonds. The smallest absolute Gasteiger partial charge is 0.243 e. The summed E-state index contributed by atoms with van der Waals surface area (Å²) < 4.78 is 33.4. The fraction of sp³-hybridized carbons (Fsp3) is 0.214. The average molecular weight is 288 g/mol. The molecule has 0 spiro atoms. The van der Waals surface area contributed by atoms with Crippen LogP contribution in [-0.4, -0.2) is 16.1 Å². The fourth-order valence-corrected chi connectivity index (χ4v) is 2.60. The van der Waals surface area contributed by atoms with Crippen LogP contribution in [0, 0.1) is 41.2 Å². The van der Waals surface area contributed by atoms with Crippen LogP contribution < -0.4 is 4.74 Å². The maximum atomic E-state index is 14.1. The number of nitrogens with one attached hydrogen (secondary N) is 2. The first-order valence-electron chi connectivity index (χ1n) is 6.19. The van der Waals surface area contributed by atoms with Crippen LogP contribution in [0.3, 0.4) is 0 Å². The highest BCUT2D eigenvalue weighted by Gasteiger charge is 2.42. The standard InChI is InChI=1S/C14H10F2N4O/c1-6-10-11(12-8(15)3-2-4-9(12)16)7(5-17)13(18)21-14(10)20-19-6/h2-4,7,11,18H,1H3,(H,19,20). The van der Waals surface area contributed by atoms with Crippen molar-refractivity contribution in [2.75, 3.05) is 0 Å². The molecule has 0 bridgehead atoms. The van der Waals surface area contributed by atoms with Gasteiger partial charge < -0.3 is 4.74 Å². The van der Waals surface area contributed by atoms with Crippen molar-refractivity contribution >= 4 is 5.90 Å². The number of aromatic amines is 1. The zero-order chi connectivity index (χ0) is 15.1. The topological polar surface area (TPSA) is 85.5 Å². The Morgan fingerprint density at radius 2 is 2.00 bits per heavy atom. The Morgan fingerprint density at radius 1 is 1.33 bits per heavy atom. The van der Waals surface area contributed by atoms with Crippen molar-refractivity contribution in [1.29, 1.82) is 10.7 Å². The van der Waals surface area contributed by atoms with Crippen molar-refractivity contribution in [3.05, 3.63) is 46.7 Å². The van der Waals surface area contributed by atoms with Crippen molar-refractivity contribution in [2.24, 2.45) is 5.92 Å². The molecule has 21 heavy (non-hydrogen) atoms. The Kier molecular flexibility index (Phi) is 2.94. The lowest BCUT2D eigenvalue weighted by molar-refractivity contribution is 0.423. The van der Waals surface area contributed by atoms with Crippen molar-refractivity contribution < 1.29 is 13.5 Å². The van der Waals surface area contributed by atoms with Crippen LogP contribution in [0.1, 0.15) is 22.7 Å². The van der Waals surface area contributed by atoms with Gasteiger partial charge in [-0.1, -0.05) is 6.07 Å². The molecule has 0 saturated carbocycles. The van der Waals surface area contributed by atoms with Crippen molar-refractivity contribution in [3.63, 3.8) is 0 Å². The van der Waals surface area contributed by atoms with E-state index in [1.165, 1.54) is 6.07 Å². The van der Waals surface area contributed by atoms with E-state index in [1.54, 1.807) is 6.92 Å². The second-order valence-corrected chi connectivity index (χ2v) is 4.75. The van der Waals surface area contributed by atoms with E-state index in [2.05, 4.69) is 10.2 Å². The molecule has 1 aliphatic heterocycles. The third-order valence-corrected chi connectivity index (χ3v) is 3.54. The number of hydrogen-bond acceptors (Lipinski definition) is 4. The summed E-state index contributed by atoms with van der Waals surface area (Å²) in [6.07, 6.45) is 0. The van der Waals surface area contributed by atoms with Gasteiger partial charge in [0.15, 0.2) is 0 Å². The maximum absolute atomic E-state index is 14.1. The van der Waals surface area contributed by atoms with Crippen LogP contribution >= 0.6 is 0 Å². The van der Waals surface area contributed by atoms with Crippen LogP contribution in [0.5, 0.6) is 5.88 Å². The second-order valence-electron chi connectivity index (χ2n) is 4.75. The molecule has 0 aliphatic carbocycles. The molecule has 5 nitrogen and oxygen atoms in total. The monoisotopic (exact) mass is 288 g/mol. The molecule has 2 aromatic rings. The number of aromatic nitrogens is 2. The number of benzene rings is 1. The summed E-state index contributed by atoms with van der Waals surface area (Å²) in [7, 11) is 0. The highest BCUT2D eigenvalue weighted by molar-refractivity contribution is 5.84. The minimum Gasteiger partial charge on any atom is -0.422 e. The van der Waals surface area contributed by atoms with E-state index in [0.717, 1.165) is 12.1 Å². The van der Waals surface area contributed by atoms with Gasteiger partial charge in [-0.25, -0.2) is 8.78 Å². The van der Waals surface area contributed by atoms with Gasteiger partial charge in [0.1, 0.15) is 17.6 Å². The Bertz CT molecular complexity index is 758. The lowest BCUT2D eigenvalue weighted by atomic mass is 9.79. The van der Waals surface area contributed by atoms with Gasteiger partial charge in [-0.05, 0) is 19.1 Å². The van der Waals surface area contributed by atoms with Gasteiger partial charge in [0.25, 0.3) is 0 Å². The third-order valence-electron chi connectivity index (χ3n) is 3.54. The summed E-state index contributed by atoms with van der Waals surface area (Å²) in [4.78, 5) is 0. The molecule has 1 aromatic carbocycles. The lowest BCUT2D eigenvalue weighted by Crippen LogP contribution is -2.32. The van der Waals surface area contributed by atoms with Crippen molar-refractivity contribution in [1.82, 2.24) is 10.2 Å². The molecular weight excluding hydrogens is 278 g/mol. The summed E-state index contributed by atoms with van der Waals surface area (Å²) in [6, 6.07) is 5.40. The first kappa shape index (κ1) is 13.2. The number of fused-ring (bicyclic) bond motifs is 1. The van der Waals surface area contributed by atoms with Gasteiger partial charge in [-0.2, -0.15) is 5.26 Å². The number of hydrogen-bond donors (Lipinski definition) is 2. The zero-order valence-corrected chi connectivity index (χ0v) is 10.9. The molecule has 3 rings (SSSR count). The molecule has 2 unspecified atom stereocenters. The molecule has 106 valence electrons. The Hall–Kier alpha value is -2.75. The van der Waals surface area contributed by atoms with E-state index in [1.807, 2.05) is 6.07 Å². The minimum absolute atomic E-state index is 0.0802. The van der Waals surface area contributed by atoms with Crippen LogP contribution in [0.2, 0.25) is 0 Å². The number of H-pyrrole nitrogens is 1. The minimum atomic E-state index is -1.11. The number of ether oxygens (including phenoxy) is 1. The maximum Gasteiger partial charge on any atom is 0.243 e. The average Bonchev–Trinajstić information content (AvgIpc) is 2.79. The molecule has 1 aliphatic rings. The number of rotatable bonds is 1. The summed E-state index contributed by atoms with van der Waals surface area (Å²) in [6.45, 7) is 1.67. The van der Waals surface area contributed by atoms with Gasteiger partial charge >= 0.3 is 0 Å².